The average Bonchev–Trinajstić information content (AvgIpc) is 2.59. The Morgan fingerprint density at radius 2 is 2.30 bits per heavy atom. The predicted molar refractivity (Wildman–Crippen MR) is 87.5 cm³/mol. The molecule has 0 radical (unpaired) electrons. The summed E-state index contributed by atoms with van der Waals surface area (Å²) in [5, 5.41) is 3.52. The highest BCUT2D eigenvalue weighted by molar-refractivity contribution is 5.43. The van der Waals surface area contributed by atoms with E-state index in [0.29, 0.717) is 19.1 Å². The van der Waals surface area contributed by atoms with Gasteiger partial charge in [0.25, 0.3) is 0 Å². The van der Waals surface area contributed by atoms with E-state index in [9.17, 15) is 0 Å². The van der Waals surface area contributed by atoms with E-state index in [0.717, 1.165) is 30.6 Å². The number of hydrogen-bond donors (Lipinski definition) is 1. The third-order valence-corrected chi connectivity index (χ3v) is 3.84. The summed E-state index contributed by atoms with van der Waals surface area (Å²) in [5.74, 6) is 1.51. The molecular weight excluding hydrogens is 292 g/mol. The van der Waals surface area contributed by atoms with Crippen molar-refractivity contribution in [2.75, 3.05) is 18.5 Å². The number of nitrogens with zero attached hydrogens (tertiary/aromatic N) is 3. The van der Waals surface area contributed by atoms with Crippen molar-refractivity contribution in [1.29, 1.82) is 0 Å². The van der Waals surface area contributed by atoms with E-state index in [2.05, 4.69) is 27.2 Å². The minimum absolute atomic E-state index is 0.0944. The molecule has 0 bridgehead atoms. The summed E-state index contributed by atoms with van der Waals surface area (Å²) in [4.78, 5) is 12.8. The summed E-state index contributed by atoms with van der Waals surface area (Å²) in [7, 11) is 0. The Bertz CT molecular complexity index is 609. The van der Waals surface area contributed by atoms with Crippen LogP contribution in [-0.2, 0) is 11.2 Å². The third-order valence-electron chi connectivity index (χ3n) is 3.84. The van der Waals surface area contributed by atoms with Crippen LogP contribution in [0.2, 0.25) is 0 Å². The topological polar surface area (TPSA) is 69.2 Å². The summed E-state index contributed by atoms with van der Waals surface area (Å²) in [5.41, 5.74) is 1.14. The number of aromatic nitrogens is 3. The maximum Gasteiger partial charge on any atom is 0.213 e. The van der Waals surface area contributed by atoms with Crippen molar-refractivity contribution in [3.8, 4) is 5.88 Å². The van der Waals surface area contributed by atoms with Crippen LogP contribution >= 0.6 is 0 Å². The molecule has 0 aliphatic carbocycles. The molecule has 2 aromatic heterocycles. The number of anilines is 1. The van der Waals surface area contributed by atoms with Gasteiger partial charge >= 0.3 is 0 Å². The molecule has 3 heterocycles. The Kier molecular flexibility index (Phi) is 5.37. The van der Waals surface area contributed by atoms with Gasteiger partial charge in [0.2, 0.25) is 5.88 Å². The molecule has 0 saturated carbocycles. The first-order chi connectivity index (χ1) is 11.4. The van der Waals surface area contributed by atoms with Gasteiger partial charge in [-0.05, 0) is 18.9 Å². The monoisotopic (exact) mass is 314 g/mol. The second-order valence-electron chi connectivity index (χ2n) is 5.59. The van der Waals surface area contributed by atoms with Crippen LogP contribution in [0.25, 0.3) is 0 Å². The first-order valence-corrected chi connectivity index (χ1v) is 8.07. The molecule has 1 N–H and O–H groups in total. The molecule has 0 amide bonds. The first kappa shape index (κ1) is 15.7. The fourth-order valence-corrected chi connectivity index (χ4v) is 2.68. The van der Waals surface area contributed by atoms with Crippen molar-refractivity contribution < 1.29 is 9.47 Å². The molecule has 1 aliphatic heterocycles. The average molecular weight is 314 g/mol. The molecule has 6 nitrogen and oxygen atoms in total. The molecule has 0 aromatic carbocycles. The molecule has 2 aromatic rings. The van der Waals surface area contributed by atoms with Gasteiger partial charge in [0.15, 0.2) is 0 Å². The summed E-state index contributed by atoms with van der Waals surface area (Å²) < 4.78 is 11.6. The minimum Gasteiger partial charge on any atom is -0.470 e. The smallest absolute Gasteiger partial charge is 0.213 e. The summed E-state index contributed by atoms with van der Waals surface area (Å²) in [6.45, 7) is 3.41. The second-order valence-corrected chi connectivity index (χ2v) is 5.59. The molecule has 1 fully saturated rings. The quantitative estimate of drug-likeness (QED) is 0.883. The van der Waals surface area contributed by atoms with Crippen molar-refractivity contribution >= 4 is 5.82 Å². The van der Waals surface area contributed by atoms with Gasteiger partial charge in [-0.1, -0.05) is 19.4 Å². The van der Waals surface area contributed by atoms with Crippen molar-refractivity contribution in [3.63, 3.8) is 0 Å². The normalized spacial score (nSPS) is 20.9. The van der Waals surface area contributed by atoms with E-state index in [1.807, 2.05) is 24.4 Å². The SMILES string of the molecule is CCCc1cncnc1N[C@@H]1CCOC[C@H]1Oc1ccccn1. The molecule has 0 unspecified atom stereocenters. The van der Waals surface area contributed by atoms with Crippen LogP contribution in [0, 0.1) is 0 Å². The molecule has 122 valence electrons. The molecule has 0 spiro atoms. The van der Waals surface area contributed by atoms with E-state index in [-0.39, 0.29) is 12.1 Å². The van der Waals surface area contributed by atoms with E-state index < -0.39 is 0 Å². The van der Waals surface area contributed by atoms with Gasteiger partial charge in [0.05, 0.1) is 12.6 Å². The zero-order valence-electron chi connectivity index (χ0n) is 13.3. The van der Waals surface area contributed by atoms with Crippen LogP contribution in [0.4, 0.5) is 5.82 Å². The van der Waals surface area contributed by atoms with E-state index in [4.69, 9.17) is 9.47 Å². The van der Waals surface area contributed by atoms with Gasteiger partial charge in [0, 0.05) is 30.6 Å². The number of hydrogen-bond acceptors (Lipinski definition) is 6. The molecule has 3 rings (SSSR count). The van der Waals surface area contributed by atoms with Gasteiger partial charge in [-0.25, -0.2) is 15.0 Å². The number of ether oxygens (including phenoxy) is 2. The maximum absolute atomic E-state index is 6.00. The van der Waals surface area contributed by atoms with Crippen LogP contribution in [-0.4, -0.2) is 40.3 Å². The molecule has 1 saturated heterocycles. The van der Waals surface area contributed by atoms with Crippen molar-refractivity contribution in [1.82, 2.24) is 15.0 Å². The molecular formula is C17H22N4O2. The van der Waals surface area contributed by atoms with E-state index >= 15 is 0 Å². The third kappa shape index (κ3) is 4.16. The Morgan fingerprint density at radius 3 is 3.13 bits per heavy atom. The van der Waals surface area contributed by atoms with Crippen LogP contribution < -0.4 is 10.1 Å². The van der Waals surface area contributed by atoms with Crippen molar-refractivity contribution in [2.24, 2.45) is 0 Å². The van der Waals surface area contributed by atoms with Gasteiger partial charge < -0.3 is 14.8 Å². The van der Waals surface area contributed by atoms with Gasteiger partial charge in [-0.2, -0.15) is 0 Å². The van der Waals surface area contributed by atoms with Gasteiger partial charge in [0.1, 0.15) is 18.2 Å². The van der Waals surface area contributed by atoms with Crippen LogP contribution in [0.3, 0.4) is 0 Å². The number of aryl methyl sites for hydroxylation is 1. The summed E-state index contributed by atoms with van der Waals surface area (Å²) >= 11 is 0. The molecule has 6 heteroatoms. The first-order valence-electron chi connectivity index (χ1n) is 8.07. The summed E-state index contributed by atoms with van der Waals surface area (Å²) in [6, 6.07) is 5.78. The lowest BCUT2D eigenvalue weighted by molar-refractivity contribution is -0.00254. The second kappa shape index (κ2) is 7.87. The maximum atomic E-state index is 6.00. The molecule has 1 aliphatic rings. The van der Waals surface area contributed by atoms with E-state index in [1.165, 1.54) is 0 Å². The highest BCUT2D eigenvalue weighted by atomic mass is 16.5. The predicted octanol–water partition coefficient (Wildman–Crippen LogP) is 2.47. The zero-order chi connectivity index (χ0) is 15.9. The highest BCUT2D eigenvalue weighted by Crippen LogP contribution is 2.21. The zero-order valence-corrected chi connectivity index (χ0v) is 13.3. The van der Waals surface area contributed by atoms with Gasteiger partial charge in [-0.3, -0.25) is 0 Å². The Hall–Kier alpha value is -2.21. The largest absolute Gasteiger partial charge is 0.470 e. The molecule has 2 atom stereocenters. The van der Waals surface area contributed by atoms with Crippen LogP contribution in [0.1, 0.15) is 25.3 Å². The Balaban J connectivity index is 1.72. The lowest BCUT2D eigenvalue weighted by atomic mass is 10.1. The number of nitrogens with one attached hydrogen (secondary N) is 1. The van der Waals surface area contributed by atoms with Gasteiger partial charge in [-0.15, -0.1) is 0 Å². The van der Waals surface area contributed by atoms with Crippen molar-refractivity contribution in [2.45, 2.75) is 38.3 Å². The van der Waals surface area contributed by atoms with Crippen molar-refractivity contribution in [3.05, 3.63) is 42.5 Å². The van der Waals surface area contributed by atoms with Crippen LogP contribution in [0.15, 0.2) is 36.9 Å². The fourth-order valence-electron chi connectivity index (χ4n) is 2.68. The summed E-state index contributed by atoms with van der Waals surface area (Å²) in [6.07, 6.45) is 7.98. The lowest BCUT2D eigenvalue weighted by Gasteiger charge is -2.32. The fraction of sp³-hybridized carbons (Fsp3) is 0.471. The Labute approximate surface area is 136 Å². The number of pyridine rings is 1. The standard InChI is InChI=1S/C17H22N4O2/c1-2-5-13-10-18-12-20-17(13)21-14-7-9-22-11-15(14)23-16-6-3-4-8-19-16/h3-4,6,8,10,12,14-15H,2,5,7,9,11H2,1H3,(H,18,20,21)/t14-,15-/m1/s1. The highest BCUT2D eigenvalue weighted by Gasteiger charge is 2.28. The van der Waals surface area contributed by atoms with Crippen LogP contribution in [0.5, 0.6) is 5.88 Å². The molecule has 23 heavy (non-hydrogen) atoms. The Morgan fingerprint density at radius 1 is 1.35 bits per heavy atom. The minimum atomic E-state index is -0.0944. The number of rotatable bonds is 6. The lowest BCUT2D eigenvalue weighted by Crippen LogP contribution is -2.46. The van der Waals surface area contributed by atoms with E-state index in [1.54, 1.807) is 12.5 Å².